The molecule has 1 aliphatic heterocycles. The van der Waals surface area contributed by atoms with E-state index in [1.165, 1.54) is 5.56 Å². The van der Waals surface area contributed by atoms with Gasteiger partial charge in [0, 0.05) is 12.1 Å². The van der Waals surface area contributed by atoms with Gasteiger partial charge in [0.2, 0.25) is 0 Å². The number of benzene rings is 1. The van der Waals surface area contributed by atoms with Gasteiger partial charge < -0.3 is 10.1 Å². The van der Waals surface area contributed by atoms with Gasteiger partial charge in [-0.1, -0.05) is 25.1 Å². The zero-order valence-electron chi connectivity index (χ0n) is 8.82. The average molecular weight is 205 g/mol. The molecule has 0 spiro atoms. The lowest BCUT2D eigenvalue weighted by atomic mass is 10.1. The van der Waals surface area contributed by atoms with Crippen LogP contribution in [0.3, 0.4) is 0 Å². The summed E-state index contributed by atoms with van der Waals surface area (Å²) in [6.45, 7) is 2.50. The first-order chi connectivity index (χ1) is 7.31. The van der Waals surface area contributed by atoms with Crippen LogP contribution in [-0.2, 0) is 16.0 Å². The second-order valence-electron chi connectivity index (χ2n) is 3.73. The van der Waals surface area contributed by atoms with Gasteiger partial charge in [-0.2, -0.15) is 0 Å². The first-order valence-electron chi connectivity index (χ1n) is 5.32. The molecular formula is C12H15NO2. The molecule has 0 radical (unpaired) electrons. The highest BCUT2D eigenvalue weighted by Gasteiger charge is 2.27. The first-order valence-corrected chi connectivity index (χ1v) is 5.32. The Morgan fingerprint density at radius 2 is 2.33 bits per heavy atom. The Labute approximate surface area is 89.4 Å². The van der Waals surface area contributed by atoms with E-state index in [1.54, 1.807) is 0 Å². The quantitative estimate of drug-likeness (QED) is 0.767. The molecule has 1 aromatic rings. The van der Waals surface area contributed by atoms with Crippen molar-refractivity contribution in [3.8, 4) is 0 Å². The largest absolute Gasteiger partial charge is 0.464 e. The zero-order chi connectivity index (χ0) is 10.7. The third-order valence-electron chi connectivity index (χ3n) is 2.50. The van der Waals surface area contributed by atoms with E-state index in [-0.39, 0.29) is 12.0 Å². The minimum Gasteiger partial charge on any atom is -0.464 e. The van der Waals surface area contributed by atoms with Crippen molar-refractivity contribution in [2.45, 2.75) is 25.8 Å². The molecule has 0 unspecified atom stereocenters. The molecule has 1 atom stereocenters. The van der Waals surface area contributed by atoms with Gasteiger partial charge in [-0.25, -0.2) is 4.79 Å². The summed E-state index contributed by atoms with van der Waals surface area (Å²) >= 11 is 0. The molecule has 3 heteroatoms. The highest BCUT2D eigenvalue weighted by Crippen LogP contribution is 2.25. The van der Waals surface area contributed by atoms with Crippen LogP contribution in [0.25, 0.3) is 0 Å². The third kappa shape index (κ3) is 2.12. The maximum absolute atomic E-state index is 11.6. The number of fused-ring (bicyclic) bond motifs is 1. The Hall–Kier alpha value is -1.51. The van der Waals surface area contributed by atoms with Crippen molar-refractivity contribution in [3.63, 3.8) is 0 Å². The normalized spacial score (nSPS) is 18.1. The number of hydrogen-bond donors (Lipinski definition) is 1. The number of nitrogens with one attached hydrogen (secondary N) is 1. The molecule has 1 heterocycles. The van der Waals surface area contributed by atoms with E-state index in [1.807, 2.05) is 31.2 Å². The van der Waals surface area contributed by atoms with Crippen LogP contribution in [0.15, 0.2) is 24.3 Å². The van der Waals surface area contributed by atoms with Crippen LogP contribution in [0, 0.1) is 0 Å². The molecular weight excluding hydrogens is 190 g/mol. The van der Waals surface area contributed by atoms with Gasteiger partial charge in [0.05, 0.1) is 6.61 Å². The summed E-state index contributed by atoms with van der Waals surface area (Å²) in [6, 6.07) is 7.78. The van der Waals surface area contributed by atoms with Crippen molar-refractivity contribution >= 4 is 11.7 Å². The molecule has 0 saturated heterocycles. The fourth-order valence-corrected chi connectivity index (χ4v) is 1.74. The van der Waals surface area contributed by atoms with Crippen LogP contribution in [0.1, 0.15) is 18.9 Å². The van der Waals surface area contributed by atoms with Crippen molar-refractivity contribution in [3.05, 3.63) is 29.8 Å². The number of carbonyl (C=O) groups is 1. The van der Waals surface area contributed by atoms with Gasteiger partial charge >= 0.3 is 5.97 Å². The zero-order valence-corrected chi connectivity index (χ0v) is 8.82. The fraction of sp³-hybridized carbons (Fsp3) is 0.417. The highest BCUT2D eigenvalue weighted by molar-refractivity contribution is 5.82. The molecule has 1 aliphatic rings. The fourth-order valence-electron chi connectivity index (χ4n) is 1.74. The van der Waals surface area contributed by atoms with E-state index in [0.29, 0.717) is 6.61 Å². The number of para-hydroxylation sites is 1. The summed E-state index contributed by atoms with van der Waals surface area (Å²) in [4.78, 5) is 11.6. The summed E-state index contributed by atoms with van der Waals surface area (Å²) in [6.07, 6.45) is 1.60. The van der Waals surface area contributed by atoms with Gasteiger partial charge in [0.15, 0.2) is 0 Å². The second-order valence-corrected chi connectivity index (χ2v) is 3.73. The van der Waals surface area contributed by atoms with E-state index in [9.17, 15) is 4.79 Å². The predicted octanol–water partition coefficient (Wildman–Crippen LogP) is 1.98. The molecule has 0 amide bonds. The molecule has 0 saturated carbocycles. The van der Waals surface area contributed by atoms with Crippen molar-refractivity contribution in [2.24, 2.45) is 0 Å². The van der Waals surface area contributed by atoms with E-state index < -0.39 is 0 Å². The van der Waals surface area contributed by atoms with E-state index in [4.69, 9.17) is 4.74 Å². The van der Waals surface area contributed by atoms with E-state index in [0.717, 1.165) is 18.5 Å². The number of ether oxygens (including phenoxy) is 1. The summed E-state index contributed by atoms with van der Waals surface area (Å²) in [5.74, 6) is -0.145. The van der Waals surface area contributed by atoms with Crippen molar-refractivity contribution in [1.29, 1.82) is 0 Å². The van der Waals surface area contributed by atoms with Crippen LogP contribution >= 0.6 is 0 Å². The SMILES string of the molecule is CCCOC(=O)[C@@H]1Cc2ccccc2N1. The molecule has 1 aromatic carbocycles. The molecule has 0 aliphatic carbocycles. The molecule has 0 bridgehead atoms. The third-order valence-corrected chi connectivity index (χ3v) is 2.50. The van der Waals surface area contributed by atoms with E-state index >= 15 is 0 Å². The topological polar surface area (TPSA) is 38.3 Å². The Kier molecular flexibility index (Phi) is 2.90. The number of esters is 1. The lowest BCUT2D eigenvalue weighted by Crippen LogP contribution is -2.29. The number of anilines is 1. The Morgan fingerprint density at radius 1 is 1.53 bits per heavy atom. The summed E-state index contributed by atoms with van der Waals surface area (Å²) in [7, 11) is 0. The molecule has 80 valence electrons. The van der Waals surface area contributed by atoms with Crippen molar-refractivity contribution in [1.82, 2.24) is 0 Å². The second kappa shape index (κ2) is 4.34. The first kappa shape index (κ1) is 10.0. The van der Waals surface area contributed by atoms with Gasteiger partial charge in [-0.15, -0.1) is 0 Å². The monoisotopic (exact) mass is 205 g/mol. The Bertz CT molecular complexity index is 337. The van der Waals surface area contributed by atoms with Gasteiger partial charge in [0.1, 0.15) is 6.04 Å². The number of carbonyl (C=O) groups excluding carboxylic acids is 1. The van der Waals surface area contributed by atoms with Gasteiger partial charge in [0.25, 0.3) is 0 Å². The van der Waals surface area contributed by atoms with Crippen molar-refractivity contribution < 1.29 is 9.53 Å². The predicted molar refractivity (Wildman–Crippen MR) is 58.8 cm³/mol. The lowest BCUT2D eigenvalue weighted by molar-refractivity contribution is -0.144. The highest BCUT2D eigenvalue weighted by atomic mass is 16.5. The van der Waals surface area contributed by atoms with Gasteiger partial charge in [-0.05, 0) is 18.1 Å². The minimum absolute atomic E-state index is 0.145. The van der Waals surface area contributed by atoms with E-state index in [2.05, 4.69) is 5.32 Å². The standard InChI is InChI=1S/C12H15NO2/c1-2-7-15-12(14)11-8-9-5-3-4-6-10(9)13-11/h3-6,11,13H,2,7-8H2,1H3/t11-/m0/s1. The number of rotatable bonds is 3. The molecule has 1 N–H and O–H groups in total. The Morgan fingerprint density at radius 3 is 3.07 bits per heavy atom. The van der Waals surface area contributed by atoms with Crippen LogP contribution in [0.5, 0.6) is 0 Å². The molecule has 3 nitrogen and oxygen atoms in total. The van der Waals surface area contributed by atoms with Crippen LogP contribution < -0.4 is 5.32 Å². The van der Waals surface area contributed by atoms with Crippen LogP contribution in [0.4, 0.5) is 5.69 Å². The van der Waals surface area contributed by atoms with Crippen LogP contribution in [-0.4, -0.2) is 18.6 Å². The molecule has 15 heavy (non-hydrogen) atoms. The number of hydrogen-bond acceptors (Lipinski definition) is 3. The summed E-state index contributed by atoms with van der Waals surface area (Å²) in [5.41, 5.74) is 2.24. The Balaban J connectivity index is 1.98. The smallest absolute Gasteiger partial charge is 0.328 e. The maximum atomic E-state index is 11.6. The summed E-state index contributed by atoms with van der Waals surface area (Å²) in [5, 5.41) is 3.17. The molecule has 2 rings (SSSR count). The molecule has 0 fully saturated rings. The molecule has 0 aromatic heterocycles. The van der Waals surface area contributed by atoms with Gasteiger partial charge in [-0.3, -0.25) is 0 Å². The minimum atomic E-state index is -0.200. The van der Waals surface area contributed by atoms with Crippen LogP contribution in [0.2, 0.25) is 0 Å². The average Bonchev–Trinajstić information content (AvgIpc) is 2.69. The maximum Gasteiger partial charge on any atom is 0.328 e. The lowest BCUT2D eigenvalue weighted by Gasteiger charge is -2.10. The van der Waals surface area contributed by atoms with Crippen molar-refractivity contribution in [2.75, 3.05) is 11.9 Å². The summed E-state index contributed by atoms with van der Waals surface area (Å²) < 4.78 is 5.10.